The third kappa shape index (κ3) is 9.50. The minimum absolute atomic E-state index is 0. The van der Waals surface area contributed by atoms with Crippen molar-refractivity contribution in [1.82, 2.24) is 15.0 Å². The summed E-state index contributed by atoms with van der Waals surface area (Å²) in [6, 6.07) is 38.1. The van der Waals surface area contributed by atoms with E-state index in [-0.39, 0.29) is 25.9 Å². The van der Waals surface area contributed by atoms with Crippen LogP contribution in [0.5, 0.6) is 0 Å². The topological polar surface area (TPSA) is 38.7 Å². The van der Waals surface area contributed by atoms with Crippen molar-refractivity contribution in [1.29, 1.82) is 0 Å². The normalized spacial score (nSPS) is 11.0. The smallest absolute Gasteiger partial charge is 0.0799 e. The first-order valence-electron chi connectivity index (χ1n) is 16.1. The minimum Gasteiger partial charge on any atom is -0.305 e. The van der Waals surface area contributed by atoms with Crippen molar-refractivity contribution < 1.29 is 24.5 Å². The minimum atomic E-state index is -1.40. The van der Waals surface area contributed by atoms with Gasteiger partial charge in [-0.3, -0.25) is 9.37 Å². The van der Waals surface area contributed by atoms with Gasteiger partial charge in [0.05, 0.1) is 8.07 Å². The van der Waals surface area contributed by atoms with Crippen molar-refractivity contribution in [3.8, 4) is 33.6 Å². The van der Waals surface area contributed by atoms with Crippen LogP contribution in [0.4, 0.5) is 4.39 Å². The largest absolute Gasteiger partial charge is 0.305 e. The summed E-state index contributed by atoms with van der Waals surface area (Å²) in [5.41, 5.74) is 11.3. The Bertz CT molecular complexity index is 1950. The molecule has 0 spiro atoms. The summed E-state index contributed by atoms with van der Waals surface area (Å²) in [5, 5.41) is 1.46. The van der Waals surface area contributed by atoms with Crippen LogP contribution in [0.15, 0.2) is 109 Å². The summed E-state index contributed by atoms with van der Waals surface area (Å²) < 4.78 is 13.9. The van der Waals surface area contributed by atoms with E-state index in [0.717, 1.165) is 34.6 Å². The molecule has 1 radical (unpaired) electrons. The molecule has 3 aromatic heterocycles. The van der Waals surface area contributed by atoms with Crippen molar-refractivity contribution >= 4 is 13.3 Å². The summed E-state index contributed by atoms with van der Waals surface area (Å²) in [5.74, 6) is 0.198. The summed E-state index contributed by atoms with van der Waals surface area (Å²) >= 11 is 0. The Morgan fingerprint density at radius 1 is 0.729 bits per heavy atom. The van der Waals surface area contributed by atoms with E-state index in [1.807, 2.05) is 38.1 Å². The monoisotopic (exact) mass is 828 g/mol. The second-order valence-electron chi connectivity index (χ2n) is 13.3. The molecular weight excluding hydrogens is 786 g/mol. The van der Waals surface area contributed by atoms with Crippen molar-refractivity contribution in [3.05, 3.63) is 155 Å². The van der Waals surface area contributed by atoms with Crippen molar-refractivity contribution in [2.24, 2.45) is 0 Å². The van der Waals surface area contributed by atoms with Gasteiger partial charge in [0.2, 0.25) is 0 Å². The number of nitrogens with zero attached hydrogens (tertiary/aromatic N) is 3. The van der Waals surface area contributed by atoms with Gasteiger partial charge >= 0.3 is 0 Å². The average molecular weight is 828 g/mol. The molecule has 0 aliphatic heterocycles. The maximum atomic E-state index is 13.9. The van der Waals surface area contributed by atoms with E-state index in [2.05, 4.69) is 116 Å². The average Bonchev–Trinajstić information content (AvgIpc) is 3.05. The quantitative estimate of drug-likeness (QED) is 0.119. The molecule has 3 nitrogen and oxygen atoms in total. The van der Waals surface area contributed by atoms with Gasteiger partial charge in [-0.05, 0) is 77.7 Å². The van der Waals surface area contributed by atoms with E-state index in [1.54, 1.807) is 18.3 Å². The van der Waals surface area contributed by atoms with Crippen LogP contribution in [-0.4, -0.2) is 23.0 Å². The van der Waals surface area contributed by atoms with Gasteiger partial charge in [0, 0.05) is 49.7 Å². The van der Waals surface area contributed by atoms with Crippen LogP contribution in [0.25, 0.3) is 33.6 Å². The summed E-state index contributed by atoms with van der Waals surface area (Å²) in [6.45, 7) is 15.7. The molecule has 0 aliphatic rings. The molecule has 6 heteroatoms. The van der Waals surface area contributed by atoms with Crippen molar-refractivity contribution in [3.63, 3.8) is 0 Å². The predicted octanol–water partition coefficient (Wildman–Crippen LogP) is 10.2. The Labute approximate surface area is 300 Å². The zero-order chi connectivity index (χ0) is 33.6. The predicted molar refractivity (Wildman–Crippen MR) is 196 cm³/mol. The Balaban J connectivity index is 0.000000214. The first kappa shape index (κ1) is 36.7. The molecule has 0 aliphatic carbocycles. The number of benzene rings is 3. The molecule has 0 bridgehead atoms. The second kappa shape index (κ2) is 16.3. The molecular formula is C42H42FIrN3Si-2. The van der Waals surface area contributed by atoms with Gasteiger partial charge in [-0.1, -0.05) is 87.1 Å². The molecule has 0 saturated carbocycles. The SMILES string of the molecule is CC(C)c1cc(-c2[c-]ccc(-c3ccccc3)c2)ncc1[Si](C)(C)C.Cc1cc(Cc2ccnc(-c3[c-]cccc3F)c2)cc(C)n1.[Ir]. The second-order valence-corrected chi connectivity index (χ2v) is 18.3. The summed E-state index contributed by atoms with van der Waals surface area (Å²) in [6.07, 6.45) is 4.60. The standard InChI is InChI=1S/C23H26NSi.C19H16FN2.Ir/c1-17(2)21-15-22(24-16-23(21)25(3,4)5)20-13-9-12-19(14-20)18-10-7-6-8-11-18;1-13-9-16(10-14(2)22-13)11-15-7-8-21-19(12-15)17-5-3-4-6-18(17)20;/h6-12,14-17H,1-5H3;3-4,6-10,12H,11H2,1-2H3;/q2*-1;. The molecule has 6 rings (SSSR count). The number of hydrogen-bond acceptors (Lipinski definition) is 3. The van der Waals surface area contributed by atoms with Gasteiger partial charge in [-0.2, -0.15) is 0 Å². The number of aryl methyl sites for hydroxylation is 2. The van der Waals surface area contributed by atoms with Gasteiger partial charge < -0.3 is 9.97 Å². The van der Waals surface area contributed by atoms with Crippen LogP contribution >= 0.6 is 0 Å². The Morgan fingerprint density at radius 3 is 2.12 bits per heavy atom. The van der Waals surface area contributed by atoms with Gasteiger partial charge in [-0.25, -0.2) is 0 Å². The zero-order valence-electron chi connectivity index (χ0n) is 28.7. The van der Waals surface area contributed by atoms with Gasteiger partial charge in [-0.15, -0.1) is 59.7 Å². The Morgan fingerprint density at radius 2 is 1.46 bits per heavy atom. The maximum Gasteiger partial charge on any atom is 0.0799 e. The molecule has 0 saturated heterocycles. The fourth-order valence-electron chi connectivity index (χ4n) is 5.74. The first-order valence-corrected chi connectivity index (χ1v) is 19.6. The van der Waals surface area contributed by atoms with Gasteiger partial charge in [0.25, 0.3) is 0 Å². The van der Waals surface area contributed by atoms with Crippen LogP contribution in [0.3, 0.4) is 0 Å². The molecule has 0 unspecified atom stereocenters. The van der Waals surface area contributed by atoms with Crippen molar-refractivity contribution in [2.75, 3.05) is 0 Å². The molecule has 3 heterocycles. The van der Waals surface area contributed by atoms with Crippen LogP contribution in [0, 0.1) is 31.8 Å². The number of rotatable bonds is 7. The van der Waals surface area contributed by atoms with Gasteiger partial charge in [0.15, 0.2) is 0 Å². The van der Waals surface area contributed by atoms with E-state index < -0.39 is 8.07 Å². The fraction of sp³-hybridized carbons (Fsp3) is 0.214. The number of pyridine rings is 3. The van der Waals surface area contributed by atoms with Gasteiger partial charge in [0.1, 0.15) is 0 Å². The Kier molecular flexibility index (Phi) is 12.5. The fourth-order valence-corrected chi connectivity index (χ4v) is 7.42. The molecule has 0 fully saturated rings. The van der Waals surface area contributed by atoms with Crippen LogP contribution in [0.2, 0.25) is 19.6 Å². The number of hydrogen-bond donors (Lipinski definition) is 0. The zero-order valence-corrected chi connectivity index (χ0v) is 32.1. The molecule has 0 atom stereocenters. The van der Waals surface area contributed by atoms with E-state index in [1.165, 1.54) is 33.5 Å². The molecule has 0 amide bonds. The molecule has 48 heavy (non-hydrogen) atoms. The molecule has 6 aromatic rings. The summed E-state index contributed by atoms with van der Waals surface area (Å²) in [7, 11) is -1.40. The Hall–Kier alpha value is -4.09. The van der Waals surface area contributed by atoms with E-state index >= 15 is 0 Å². The van der Waals surface area contributed by atoms with Crippen LogP contribution in [0.1, 0.15) is 47.8 Å². The third-order valence-electron chi connectivity index (χ3n) is 7.99. The summed E-state index contributed by atoms with van der Waals surface area (Å²) in [4.78, 5) is 13.4. The van der Waals surface area contributed by atoms with E-state index in [9.17, 15) is 4.39 Å². The van der Waals surface area contributed by atoms with Crippen molar-refractivity contribution in [2.45, 2.75) is 59.7 Å². The number of halogens is 1. The number of aromatic nitrogens is 3. The third-order valence-corrected chi connectivity index (χ3v) is 10.0. The molecule has 3 aromatic carbocycles. The maximum absolute atomic E-state index is 13.9. The van der Waals surface area contributed by atoms with Crippen LogP contribution in [-0.2, 0) is 26.5 Å². The first-order chi connectivity index (χ1) is 22.5. The molecule has 247 valence electrons. The van der Waals surface area contributed by atoms with E-state index in [4.69, 9.17) is 4.98 Å². The van der Waals surface area contributed by atoms with Crippen LogP contribution < -0.4 is 5.19 Å². The molecule has 0 N–H and O–H groups in total. The van der Waals surface area contributed by atoms with E-state index in [0.29, 0.717) is 17.2 Å².